The molecule has 2 aromatic carbocycles. The van der Waals surface area contributed by atoms with Gasteiger partial charge in [-0.3, -0.25) is 4.90 Å². The molecule has 0 aliphatic carbocycles. The summed E-state index contributed by atoms with van der Waals surface area (Å²) >= 11 is 0. The van der Waals surface area contributed by atoms with Crippen LogP contribution in [0.4, 0.5) is 0 Å². The minimum atomic E-state index is 0.726. The highest BCUT2D eigenvalue weighted by Crippen LogP contribution is 2.27. The van der Waals surface area contributed by atoms with Gasteiger partial charge in [0.15, 0.2) is 0 Å². The lowest BCUT2D eigenvalue weighted by molar-refractivity contribution is 0.195. The summed E-state index contributed by atoms with van der Waals surface area (Å²) < 4.78 is 11.2. The van der Waals surface area contributed by atoms with Crippen LogP contribution in [0.25, 0.3) is 0 Å². The van der Waals surface area contributed by atoms with Crippen molar-refractivity contribution >= 4 is 0 Å². The Kier molecular flexibility index (Phi) is 4.41. The van der Waals surface area contributed by atoms with Gasteiger partial charge >= 0.3 is 0 Å². The molecule has 3 heteroatoms. The summed E-state index contributed by atoms with van der Waals surface area (Å²) in [5, 5.41) is 0. The smallest absolute Gasteiger partial charge is 0.122 e. The van der Waals surface area contributed by atoms with Crippen molar-refractivity contribution in [2.24, 2.45) is 0 Å². The third-order valence-corrected chi connectivity index (χ3v) is 3.94. The maximum Gasteiger partial charge on any atom is 0.122 e. The molecule has 3 rings (SSSR count). The number of rotatable bonds is 5. The van der Waals surface area contributed by atoms with E-state index in [1.54, 1.807) is 7.11 Å². The molecule has 0 aromatic heterocycles. The van der Waals surface area contributed by atoms with Crippen LogP contribution < -0.4 is 9.47 Å². The van der Waals surface area contributed by atoms with E-state index in [1.807, 2.05) is 36.4 Å². The van der Waals surface area contributed by atoms with Crippen molar-refractivity contribution in [1.29, 1.82) is 0 Å². The van der Waals surface area contributed by atoms with Gasteiger partial charge in [0.1, 0.15) is 18.1 Å². The van der Waals surface area contributed by atoms with E-state index in [9.17, 15) is 0 Å². The fraction of sp³-hybridized carbons (Fsp3) is 0.333. The highest BCUT2D eigenvalue weighted by molar-refractivity contribution is 5.41. The van der Waals surface area contributed by atoms with Gasteiger partial charge < -0.3 is 9.47 Å². The van der Waals surface area contributed by atoms with Crippen molar-refractivity contribution in [3.63, 3.8) is 0 Å². The maximum absolute atomic E-state index is 5.78. The zero-order valence-corrected chi connectivity index (χ0v) is 12.4. The molecule has 3 nitrogen and oxygen atoms in total. The van der Waals surface area contributed by atoms with Gasteiger partial charge in [0.25, 0.3) is 0 Å². The first-order valence-electron chi connectivity index (χ1n) is 7.42. The van der Waals surface area contributed by atoms with E-state index in [-0.39, 0.29) is 0 Å². The first kappa shape index (κ1) is 14.0. The molecule has 0 bridgehead atoms. The number of para-hydroxylation sites is 1. The molecule has 1 aliphatic heterocycles. The van der Waals surface area contributed by atoms with E-state index in [0.717, 1.165) is 44.2 Å². The number of benzene rings is 2. The Balaban J connectivity index is 1.55. The summed E-state index contributed by atoms with van der Waals surface area (Å²) in [6.45, 7) is 3.71. The van der Waals surface area contributed by atoms with Crippen LogP contribution in [-0.4, -0.2) is 31.7 Å². The molecule has 0 amide bonds. The third-order valence-electron chi connectivity index (χ3n) is 3.94. The zero-order valence-electron chi connectivity index (χ0n) is 12.4. The number of methoxy groups -OCH3 is 1. The summed E-state index contributed by atoms with van der Waals surface area (Å²) in [5.74, 6) is 1.96. The van der Waals surface area contributed by atoms with E-state index >= 15 is 0 Å². The molecular weight excluding hydrogens is 262 g/mol. The molecule has 0 atom stereocenters. The number of nitrogens with zero attached hydrogens (tertiary/aromatic N) is 1. The van der Waals surface area contributed by atoms with Crippen LogP contribution in [-0.2, 0) is 13.0 Å². The lowest BCUT2D eigenvalue weighted by Crippen LogP contribution is -2.34. The minimum Gasteiger partial charge on any atom is -0.496 e. The minimum absolute atomic E-state index is 0.726. The molecule has 0 saturated carbocycles. The zero-order chi connectivity index (χ0) is 14.5. The predicted molar refractivity (Wildman–Crippen MR) is 83.9 cm³/mol. The van der Waals surface area contributed by atoms with Gasteiger partial charge in [-0.2, -0.15) is 0 Å². The van der Waals surface area contributed by atoms with Crippen molar-refractivity contribution in [1.82, 2.24) is 4.90 Å². The second-order valence-corrected chi connectivity index (χ2v) is 5.29. The van der Waals surface area contributed by atoms with Crippen LogP contribution in [0.5, 0.6) is 11.5 Å². The average Bonchev–Trinajstić information content (AvgIpc) is 2.55. The fourth-order valence-corrected chi connectivity index (χ4v) is 2.82. The van der Waals surface area contributed by atoms with E-state index in [2.05, 4.69) is 17.0 Å². The molecule has 21 heavy (non-hydrogen) atoms. The fourth-order valence-electron chi connectivity index (χ4n) is 2.82. The van der Waals surface area contributed by atoms with Crippen LogP contribution in [0.15, 0.2) is 48.5 Å². The van der Waals surface area contributed by atoms with E-state index in [0.29, 0.717) is 0 Å². The average molecular weight is 283 g/mol. The number of hydrogen-bond acceptors (Lipinski definition) is 3. The Bertz CT molecular complexity index is 583. The second kappa shape index (κ2) is 6.64. The van der Waals surface area contributed by atoms with Crippen LogP contribution >= 0.6 is 0 Å². The van der Waals surface area contributed by atoms with Gasteiger partial charge in [-0.15, -0.1) is 0 Å². The number of fused-ring (bicyclic) bond motifs is 1. The monoisotopic (exact) mass is 283 g/mol. The molecule has 0 unspecified atom stereocenters. The van der Waals surface area contributed by atoms with E-state index in [1.165, 1.54) is 11.1 Å². The summed E-state index contributed by atoms with van der Waals surface area (Å²) in [6.07, 6.45) is 1.05. The SMILES string of the molecule is COc1cccc2c1CCN(CCOc1ccccc1)C2. The van der Waals surface area contributed by atoms with Gasteiger partial charge in [0.2, 0.25) is 0 Å². The van der Waals surface area contributed by atoms with E-state index in [4.69, 9.17) is 9.47 Å². The molecule has 0 N–H and O–H groups in total. The maximum atomic E-state index is 5.78. The van der Waals surface area contributed by atoms with Gasteiger partial charge in [0, 0.05) is 19.6 Å². The normalized spacial score (nSPS) is 14.5. The van der Waals surface area contributed by atoms with Crippen LogP contribution in [0, 0.1) is 0 Å². The lowest BCUT2D eigenvalue weighted by Gasteiger charge is -2.29. The van der Waals surface area contributed by atoms with E-state index < -0.39 is 0 Å². The van der Waals surface area contributed by atoms with Crippen LogP contribution in [0.1, 0.15) is 11.1 Å². The molecule has 0 fully saturated rings. The summed E-state index contributed by atoms with van der Waals surface area (Å²) in [5.41, 5.74) is 2.74. The Morgan fingerprint density at radius 1 is 1.05 bits per heavy atom. The standard InChI is InChI=1S/C18H21NO2/c1-20-18-9-5-6-15-14-19(11-10-17(15)18)12-13-21-16-7-3-2-4-8-16/h2-9H,10-14H2,1H3. The summed E-state index contributed by atoms with van der Waals surface area (Å²) in [4.78, 5) is 2.44. The van der Waals surface area contributed by atoms with Crippen molar-refractivity contribution < 1.29 is 9.47 Å². The van der Waals surface area contributed by atoms with Gasteiger partial charge in [-0.1, -0.05) is 30.3 Å². The second-order valence-electron chi connectivity index (χ2n) is 5.29. The summed E-state index contributed by atoms with van der Waals surface area (Å²) in [7, 11) is 1.75. The van der Waals surface area contributed by atoms with Crippen molar-refractivity contribution in [2.45, 2.75) is 13.0 Å². The first-order valence-corrected chi connectivity index (χ1v) is 7.42. The highest BCUT2D eigenvalue weighted by atomic mass is 16.5. The van der Waals surface area contributed by atoms with Crippen LogP contribution in [0.3, 0.4) is 0 Å². The van der Waals surface area contributed by atoms with Gasteiger partial charge in [-0.05, 0) is 35.7 Å². The van der Waals surface area contributed by atoms with Gasteiger partial charge in [0.05, 0.1) is 7.11 Å². The van der Waals surface area contributed by atoms with Crippen molar-refractivity contribution in [3.8, 4) is 11.5 Å². The molecule has 0 saturated heterocycles. The Morgan fingerprint density at radius 2 is 1.90 bits per heavy atom. The molecule has 0 spiro atoms. The largest absolute Gasteiger partial charge is 0.496 e. The topological polar surface area (TPSA) is 21.7 Å². The van der Waals surface area contributed by atoms with Gasteiger partial charge in [-0.25, -0.2) is 0 Å². The Morgan fingerprint density at radius 3 is 2.71 bits per heavy atom. The van der Waals surface area contributed by atoms with Crippen LogP contribution in [0.2, 0.25) is 0 Å². The molecule has 110 valence electrons. The quantitative estimate of drug-likeness (QED) is 0.841. The molecule has 1 aliphatic rings. The number of hydrogen-bond donors (Lipinski definition) is 0. The Labute approximate surface area is 126 Å². The van der Waals surface area contributed by atoms with Crippen molar-refractivity contribution in [3.05, 3.63) is 59.7 Å². The molecule has 1 heterocycles. The molecule has 0 radical (unpaired) electrons. The lowest BCUT2D eigenvalue weighted by atomic mass is 9.99. The third kappa shape index (κ3) is 3.37. The van der Waals surface area contributed by atoms with Crippen molar-refractivity contribution in [2.75, 3.05) is 26.8 Å². The molecule has 2 aromatic rings. The predicted octanol–water partition coefficient (Wildman–Crippen LogP) is 3.13. The first-order chi connectivity index (χ1) is 10.4. The molecular formula is C18H21NO2. The summed E-state index contributed by atoms with van der Waals surface area (Å²) in [6, 6.07) is 16.3. The highest BCUT2D eigenvalue weighted by Gasteiger charge is 2.18. The number of ether oxygens (including phenoxy) is 2. The Hall–Kier alpha value is -2.00.